The van der Waals surface area contributed by atoms with Gasteiger partial charge < -0.3 is 9.67 Å². The van der Waals surface area contributed by atoms with Crippen LogP contribution in [0.1, 0.15) is 16.1 Å². The number of para-hydroxylation sites is 1. The van der Waals surface area contributed by atoms with Crippen molar-refractivity contribution >= 4 is 16.9 Å². The standard InChI is InChI=1S/C17H14FNO2/c1-10-6-7-14(18)13(8-10)12-5-3-4-11-9-15(17(20)21)19(2)16(11)12/h3-9H,1-2H3,(H,20,21). The van der Waals surface area contributed by atoms with Gasteiger partial charge in [-0.3, -0.25) is 0 Å². The lowest BCUT2D eigenvalue weighted by atomic mass is 10.0. The van der Waals surface area contributed by atoms with Gasteiger partial charge in [0.05, 0.1) is 5.52 Å². The Kier molecular flexibility index (Phi) is 3.01. The molecule has 0 aliphatic rings. The van der Waals surface area contributed by atoms with E-state index in [1.165, 1.54) is 6.07 Å². The number of hydrogen-bond acceptors (Lipinski definition) is 1. The molecule has 0 bridgehead atoms. The number of rotatable bonds is 2. The maximum Gasteiger partial charge on any atom is 0.352 e. The molecule has 0 radical (unpaired) electrons. The Hall–Kier alpha value is -2.62. The van der Waals surface area contributed by atoms with E-state index >= 15 is 0 Å². The highest BCUT2D eigenvalue weighted by Crippen LogP contribution is 2.32. The summed E-state index contributed by atoms with van der Waals surface area (Å²) in [4.78, 5) is 11.3. The number of carboxylic acids is 1. The number of aromatic nitrogens is 1. The summed E-state index contributed by atoms with van der Waals surface area (Å²) in [7, 11) is 1.68. The van der Waals surface area contributed by atoms with Gasteiger partial charge in [-0.15, -0.1) is 0 Å². The summed E-state index contributed by atoms with van der Waals surface area (Å²) in [5.41, 5.74) is 3.04. The molecule has 0 aliphatic heterocycles. The maximum atomic E-state index is 14.2. The Labute approximate surface area is 121 Å². The highest BCUT2D eigenvalue weighted by atomic mass is 19.1. The minimum Gasteiger partial charge on any atom is -0.477 e. The molecule has 0 atom stereocenters. The first-order valence-corrected chi connectivity index (χ1v) is 6.57. The average molecular weight is 283 g/mol. The second-order valence-electron chi connectivity index (χ2n) is 5.12. The lowest BCUT2D eigenvalue weighted by Crippen LogP contribution is -2.04. The van der Waals surface area contributed by atoms with E-state index in [4.69, 9.17) is 0 Å². The van der Waals surface area contributed by atoms with E-state index in [1.54, 1.807) is 29.8 Å². The zero-order valence-electron chi connectivity index (χ0n) is 11.7. The number of halogens is 1. The highest BCUT2D eigenvalue weighted by molar-refractivity contribution is 6.00. The van der Waals surface area contributed by atoms with Crippen LogP contribution in [0.2, 0.25) is 0 Å². The largest absolute Gasteiger partial charge is 0.477 e. The third-order valence-electron chi connectivity index (χ3n) is 3.69. The zero-order valence-corrected chi connectivity index (χ0v) is 11.7. The minimum absolute atomic E-state index is 0.186. The number of carbonyl (C=O) groups is 1. The normalized spacial score (nSPS) is 11.0. The van der Waals surface area contributed by atoms with Crippen molar-refractivity contribution < 1.29 is 14.3 Å². The third-order valence-corrected chi connectivity index (χ3v) is 3.69. The molecule has 3 aromatic rings. The van der Waals surface area contributed by atoms with Crippen molar-refractivity contribution in [3.8, 4) is 11.1 Å². The van der Waals surface area contributed by atoms with Crippen LogP contribution in [0.4, 0.5) is 4.39 Å². The second-order valence-corrected chi connectivity index (χ2v) is 5.12. The second kappa shape index (κ2) is 4.74. The van der Waals surface area contributed by atoms with Crippen molar-refractivity contribution in [3.05, 3.63) is 59.5 Å². The van der Waals surface area contributed by atoms with Crippen LogP contribution >= 0.6 is 0 Å². The predicted molar refractivity (Wildman–Crippen MR) is 80.0 cm³/mol. The molecule has 0 aliphatic carbocycles. The molecule has 4 heteroatoms. The van der Waals surface area contributed by atoms with Gasteiger partial charge in [0.2, 0.25) is 0 Å². The summed E-state index contributed by atoms with van der Waals surface area (Å²) in [5.74, 6) is -1.31. The van der Waals surface area contributed by atoms with Crippen LogP contribution in [-0.2, 0) is 7.05 Å². The van der Waals surface area contributed by atoms with Crippen LogP contribution in [0, 0.1) is 12.7 Å². The van der Waals surface area contributed by atoms with Crippen molar-refractivity contribution in [1.29, 1.82) is 0 Å². The van der Waals surface area contributed by atoms with Crippen LogP contribution in [0.3, 0.4) is 0 Å². The van der Waals surface area contributed by atoms with Gasteiger partial charge in [0, 0.05) is 23.6 Å². The van der Waals surface area contributed by atoms with E-state index in [0.29, 0.717) is 11.1 Å². The van der Waals surface area contributed by atoms with E-state index in [9.17, 15) is 14.3 Å². The summed E-state index contributed by atoms with van der Waals surface area (Å²) in [6, 6.07) is 12.0. The smallest absolute Gasteiger partial charge is 0.352 e. The topological polar surface area (TPSA) is 42.2 Å². The predicted octanol–water partition coefficient (Wildman–Crippen LogP) is 3.99. The molecule has 0 amide bonds. The number of aryl methyl sites for hydroxylation is 2. The molecule has 106 valence electrons. The van der Waals surface area contributed by atoms with Crippen LogP contribution in [0.5, 0.6) is 0 Å². The Bertz CT molecular complexity index is 865. The van der Waals surface area contributed by atoms with Gasteiger partial charge in [0.15, 0.2) is 0 Å². The highest BCUT2D eigenvalue weighted by Gasteiger charge is 2.16. The van der Waals surface area contributed by atoms with E-state index in [0.717, 1.165) is 16.5 Å². The molecule has 0 unspecified atom stereocenters. The lowest BCUT2D eigenvalue weighted by molar-refractivity contribution is 0.0687. The SMILES string of the molecule is Cc1ccc(F)c(-c2cccc3cc(C(=O)O)n(C)c23)c1. The van der Waals surface area contributed by atoms with Crippen LogP contribution in [0.25, 0.3) is 22.0 Å². The molecule has 0 fully saturated rings. The number of aromatic carboxylic acids is 1. The first kappa shape index (κ1) is 13.4. The Balaban J connectivity index is 2.38. The van der Waals surface area contributed by atoms with E-state index < -0.39 is 5.97 Å². The van der Waals surface area contributed by atoms with Crippen molar-refractivity contribution in [2.45, 2.75) is 6.92 Å². The average Bonchev–Trinajstić information content (AvgIpc) is 2.79. The quantitative estimate of drug-likeness (QED) is 0.772. The van der Waals surface area contributed by atoms with E-state index in [1.807, 2.05) is 25.1 Å². The van der Waals surface area contributed by atoms with Crippen molar-refractivity contribution in [1.82, 2.24) is 4.57 Å². The Morgan fingerprint density at radius 1 is 1.14 bits per heavy atom. The molecule has 2 aromatic carbocycles. The molecule has 3 rings (SSSR count). The first-order chi connectivity index (χ1) is 9.99. The molecule has 0 saturated heterocycles. The van der Waals surface area contributed by atoms with Gasteiger partial charge in [0.25, 0.3) is 0 Å². The van der Waals surface area contributed by atoms with Crippen LogP contribution in [-0.4, -0.2) is 15.6 Å². The summed E-state index contributed by atoms with van der Waals surface area (Å²) in [6.45, 7) is 1.90. The fourth-order valence-corrected chi connectivity index (χ4v) is 2.68. The lowest BCUT2D eigenvalue weighted by Gasteiger charge is -2.09. The number of fused-ring (bicyclic) bond motifs is 1. The molecule has 0 saturated carbocycles. The molecular formula is C17H14FNO2. The molecule has 1 N–H and O–H groups in total. The molecule has 21 heavy (non-hydrogen) atoms. The zero-order chi connectivity index (χ0) is 15.1. The number of benzene rings is 2. The third kappa shape index (κ3) is 2.09. The summed E-state index contributed by atoms with van der Waals surface area (Å²) in [5, 5.41) is 10.0. The van der Waals surface area contributed by atoms with Gasteiger partial charge in [-0.05, 0) is 25.1 Å². The minimum atomic E-state index is -0.996. The summed E-state index contributed by atoms with van der Waals surface area (Å²) >= 11 is 0. The molecule has 1 heterocycles. The maximum absolute atomic E-state index is 14.2. The van der Waals surface area contributed by atoms with Crippen LogP contribution in [0.15, 0.2) is 42.5 Å². The van der Waals surface area contributed by atoms with Gasteiger partial charge in [-0.2, -0.15) is 0 Å². The Morgan fingerprint density at radius 3 is 2.62 bits per heavy atom. The molecule has 0 spiro atoms. The monoisotopic (exact) mass is 283 g/mol. The van der Waals surface area contributed by atoms with Gasteiger partial charge in [0.1, 0.15) is 11.5 Å². The number of hydrogen-bond donors (Lipinski definition) is 1. The summed E-state index contributed by atoms with van der Waals surface area (Å²) < 4.78 is 15.7. The van der Waals surface area contributed by atoms with E-state index in [-0.39, 0.29) is 11.5 Å². The van der Waals surface area contributed by atoms with Crippen molar-refractivity contribution in [3.63, 3.8) is 0 Å². The van der Waals surface area contributed by atoms with Gasteiger partial charge in [-0.1, -0.05) is 29.8 Å². The van der Waals surface area contributed by atoms with E-state index in [2.05, 4.69) is 0 Å². The van der Waals surface area contributed by atoms with Crippen LogP contribution < -0.4 is 0 Å². The molecular weight excluding hydrogens is 269 g/mol. The number of nitrogens with zero attached hydrogens (tertiary/aromatic N) is 1. The van der Waals surface area contributed by atoms with Crippen molar-refractivity contribution in [2.24, 2.45) is 7.05 Å². The number of carboxylic acid groups (broad SMARTS) is 1. The molecule has 3 nitrogen and oxygen atoms in total. The fraction of sp³-hybridized carbons (Fsp3) is 0.118. The molecule has 1 aromatic heterocycles. The summed E-state index contributed by atoms with van der Waals surface area (Å²) in [6.07, 6.45) is 0. The Morgan fingerprint density at radius 2 is 1.90 bits per heavy atom. The van der Waals surface area contributed by atoms with Gasteiger partial charge in [-0.25, -0.2) is 9.18 Å². The van der Waals surface area contributed by atoms with Gasteiger partial charge >= 0.3 is 5.97 Å². The fourth-order valence-electron chi connectivity index (χ4n) is 2.68. The van der Waals surface area contributed by atoms with Crippen molar-refractivity contribution in [2.75, 3.05) is 0 Å². The first-order valence-electron chi connectivity index (χ1n) is 6.57.